The van der Waals surface area contributed by atoms with Gasteiger partial charge in [0.05, 0.1) is 11.8 Å². The lowest BCUT2D eigenvalue weighted by Gasteiger charge is -2.26. The molecule has 1 aromatic carbocycles. The Balaban J connectivity index is 1.88. The normalized spacial score (nSPS) is 24.6. The highest BCUT2D eigenvalue weighted by Gasteiger charge is 2.20. The second-order valence-corrected chi connectivity index (χ2v) is 4.81. The summed E-state index contributed by atoms with van der Waals surface area (Å²) in [5.74, 6) is 0.108. The fraction of sp³-hybridized carbons (Fsp3) is 0.538. The number of nitrogens with one attached hydrogen (secondary N) is 1. The molecule has 94 valence electrons. The summed E-state index contributed by atoms with van der Waals surface area (Å²) < 4.78 is 13.5. The summed E-state index contributed by atoms with van der Waals surface area (Å²) in [4.78, 5) is 0. The number of aliphatic hydroxyl groups excluding tert-OH is 1. The van der Waals surface area contributed by atoms with Crippen molar-refractivity contribution in [3.05, 3.63) is 24.0 Å². The first-order chi connectivity index (χ1) is 8.15. The van der Waals surface area contributed by atoms with Gasteiger partial charge < -0.3 is 16.2 Å². The molecule has 2 atom stereocenters. The Bertz CT molecular complexity index is 384. The average Bonchev–Trinajstić information content (AvgIpc) is 2.28. The van der Waals surface area contributed by atoms with E-state index in [-0.39, 0.29) is 11.9 Å². The standard InChI is InChI=1S/C13H19FN2O/c14-12-7-10(15)4-5-13(12)16-8-9-2-1-3-11(17)6-9/h4-5,7,9,11,16-17H,1-3,6,8,15H2. The minimum absolute atomic E-state index is 0.188. The van der Waals surface area contributed by atoms with E-state index < -0.39 is 0 Å². The van der Waals surface area contributed by atoms with Crippen LogP contribution in [0.15, 0.2) is 18.2 Å². The molecule has 4 heteroatoms. The molecule has 0 bridgehead atoms. The van der Waals surface area contributed by atoms with Gasteiger partial charge in [-0.15, -0.1) is 0 Å². The molecule has 0 aromatic heterocycles. The Morgan fingerprint density at radius 3 is 2.94 bits per heavy atom. The lowest BCUT2D eigenvalue weighted by Crippen LogP contribution is -2.25. The molecule has 1 aromatic rings. The molecule has 0 amide bonds. The van der Waals surface area contributed by atoms with Crippen molar-refractivity contribution in [1.82, 2.24) is 0 Å². The van der Waals surface area contributed by atoms with Crippen LogP contribution < -0.4 is 11.1 Å². The number of anilines is 2. The fourth-order valence-corrected chi connectivity index (χ4v) is 2.38. The Morgan fingerprint density at radius 1 is 1.41 bits per heavy atom. The van der Waals surface area contributed by atoms with E-state index in [4.69, 9.17) is 5.73 Å². The molecule has 2 rings (SSSR count). The highest BCUT2D eigenvalue weighted by molar-refractivity contribution is 5.52. The minimum Gasteiger partial charge on any atom is -0.399 e. The van der Waals surface area contributed by atoms with E-state index in [9.17, 15) is 9.50 Å². The molecule has 1 saturated carbocycles. The summed E-state index contributed by atoms with van der Waals surface area (Å²) in [5, 5.41) is 12.6. The molecule has 1 aliphatic rings. The fourth-order valence-electron chi connectivity index (χ4n) is 2.38. The number of rotatable bonds is 3. The molecule has 4 N–H and O–H groups in total. The summed E-state index contributed by atoms with van der Waals surface area (Å²) in [7, 11) is 0. The Hall–Kier alpha value is -1.29. The Morgan fingerprint density at radius 2 is 2.24 bits per heavy atom. The summed E-state index contributed by atoms with van der Waals surface area (Å²) in [6.07, 6.45) is 3.67. The van der Waals surface area contributed by atoms with E-state index in [0.717, 1.165) is 25.7 Å². The first-order valence-electron chi connectivity index (χ1n) is 6.12. The van der Waals surface area contributed by atoms with Gasteiger partial charge in [-0.1, -0.05) is 6.42 Å². The van der Waals surface area contributed by atoms with E-state index in [0.29, 0.717) is 23.8 Å². The number of nitrogen functional groups attached to an aromatic ring is 1. The van der Waals surface area contributed by atoms with E-state index in [2.05, 4.69) is 5.32 Å². The van der Waals surface area contributed by atoms with Crippen molar-refractivity contribution in [3.8, 4) is 0 Å². The molecule has 0 heterocycles. The Kier molecular flexibility index (Phi) is 3.84. The zero-order valence-electron chi connectivity index (χ0n) is 9.82. The summed E-state index contributed by atoms with van der Waals surface area (Å²) >= 11 is 0. The number of hydrogen-bond acceptors (Lipinski definition) is 3. The van der Waals surface area contributed by atoms with Gasteiger partial charge in [-0.05, 0) is 43.4 Å². The summed E-state index contributed by atoms with van der Waals surface area (Å²) in [5.41, 5.74) is 6.40. The van der Waals surface area contributed by atoms with Crippen molar-refractivity contribution >= 4 is 11.4 Å². The molecule has 0 radical (unpaired) electrons. The third-order valence-corrected chi connectivity index (χ3v) is 3.33. The van der Waals surface area contributed by atoms with Crippen LogP contribution in [0, 0.1) is 11.7 Å². The van der Waals surface area contributed by atoms with Crippen LogP contribution in [0.2, 0.25) is 0 Å². The van der Waals surface area contributed by atoms with Crippen LogP contribution in [-0.4, -0.2) is 17.8 Å². The number of aliphatic hydroxyl groups is 1. The summed E-state index contributed by atoms with van der Waals surface area (Å²) in [6.45, 7) is 0.706. The second kappa shape index (κ2) is 5.36. The van der Waals surface area contributed by atoms with Crippen molar-refractivity contribution in [2.24, 2.45) is 5.92 Å². The quantitative estimate of drug-likeness (QED) is 0.708. The zero-order valence-corrected chi connectivity index (χ0v) is 9.82. The van der Waals surface area contributed by atoms with Crippen molar-refractivity contribution in [3.63, 3.8) is 0 Å². The van der Waals surface area contributed by atoms with Crippen molar-refractivity contribution in [2.45, 2.75) is 31.8 Å². The van der Waals surface area contributed by atoms with Gasteiger partial charge >= 0.3 is 0 Å². The van der Waals surface area contributed by atoms with E-state index in [1.165, 1.54) is 6.07 Å². The average molecular weight is 238 g/mol. The maximum absolute atomic E-state index is 13.5. The topological polar surface area (TPSA) is 58.3 Å². The SMILES string of the molecule is Nc1ccc(NCC2CCCC(O)C2)c(F)c1. The van der Waals surface area contributed by atoms with Crippen molar-refractivity contribution in [1.29, 1.82) is 0 Å². The number of benzene rings is 1. The minimum atomic E-state index is -0.318. The predicted octanol–water partition coefficient (Wildman–Crippen LogP) is 2.37. The van der Waals surface area contributed by atoms with Gasteiger partial charge in [-0.3, -0.25) is 0 Å². The Labute approximate surface area is 101 Å². The highest BCUT2D eigenvalue weighted by Crippen LogP contribution is 2.25. The van der Waals surface area contributed by atoms with E-state index >= 15 is 0 Å². The third-order valence-electron chi connectivity index (χ3n) is 3.33. The monoisotopic (exact) mass is 238 g/mol. The smallest absolute Gasteiger partial charge is 0.148 e. The van der Waals surface area contributed by atoms with Crippen LogP contribution in [-0.2, 0) is 0 Å². The maximum atomic E-state index is 13.5. The van der Waals surface area contributed by atoms with Gasteiger partial charge in [-0.25, -0.2) is 4.39 Å². The van der Waals surface area contributed by atoms with Gasteiger partial charge in [-0.2, -0.15) is 0 Å². The van der Waals surface area contributed by atoms with E-state index in [1.54, 1.807) is 12.1 Å². The van der Waals surface area contributed by atoms with Crippen molar-refractivity contribution < 1.29 is 9.50 Å². The van der Waals surface area contributed by atoms with Gasteiger partial charge in [0.15, 0.2) is 0 Å². The van der Waals surface area contributed by atoms with Gasteiger partial charge in [0.1, 0.15) is 5.82 Å². The first-order valence-corrected chi connectivity index (χ1v) is 6.12. The summed E-state index contributed by atoms with van der Waals surface area (Å²) in [6, 6.07) is 4.66. The lowest BCUT2D eigenvalue weighted by atomic mass is 9.87. The second-order valence-electron chi connectivity index (χ2n) is 4.81. The molecule has 3 nitrogen and oxygen atoms in total. The van der Waals surface area contributed by atoms with Crippen LogP contribution in [0.3, 0.4) is 0 Å². The lowest BCUT2D eigenvalue weighted by molar-refractivity contribution is 0.104. The predicted molar refractivity (Wildman–Crippen MR) is 67.3 cm³/mol. The van der Waals surface area contributed by atoms with Crippen LogP contribution >= 0.6 is 0 Å². The van der Waals surface area contributed by atoms with Crippen LogP contribution in [0.25, 0.3) is 0 Å². The van der Waals surface area contributed by atoms with Crippen molar-refractivity contribution in [2.75, 3.05) is 17.6 Å². The van der Waals surface area contributed by atoms with Crippen LogP contribution in [0.5, 0.6) is 0 Å². The van der Waals surface area contributed by atoms with Gasteiger partial charge in [0, 0.05) is 12.2 Å². The highest BCUT2D eigenvalue weighted by atomic mass is 19.1. The molecule has 0 saturated heterocycles. The molecule has 17 heavy (non-hydrogen) atoms. The largest absolute Gasteiger partial charge is 0.399 e. The molecule has 1 fully saturated rings. The van der Waals surface area contributed by atoms with Crippen LogP contribution in [0.1, 0.15) is 25.7 Å². The molecule has 0 spiro atoms. The number of hydrogen-bond donors (Lipinski definition) is 3. The molecular weight excluding hydrogens is 219 g/mol. The number of halogens is 1. The zero-order chi connectivity index (χ0) is 12.3. The maximum Gasteiger partial charge on any atom is 0.148 e. The third kappa shape index (κ3) is 3.33. The molecular formula is C13H19FN2O. The number of nitrogens with two attached hydrogens (primary N) is 1. The van der Waals surface area contributed by atoms with Gasteiger partial charge in [0.2, 0.25) is 0 Å². The molecule has 0 aliphatic heterocycles. The first kappa shape index (κ1) is 12.2. The molecule has 1 aliphatic carbocycles. The van der Waals surface area contributed by atoms with E-state index in [1.807, 2.05) is 0 Å². The van der Waals surface area contributed by atoms with Gasteiger partial charge in [0.25, 0.3) is 0 Å². The molecule has 2 unspecified atom stereocenters. The van der Waals surface area contributed by atoms with Crippen LogP contribution in [0.4, 0.5) is 15.8 Å².